The average molecular weight is 316 g/mol. The van der Waals surface area contributed by atoms with Crippen LogP contribution in [0.2, 0.25) is 0 Å². The van der Waals surface area contributed by atoms with Gasteiger partial charge in [-0.15, -0.1) is 0 Å². The Bertz CT molecular complexity index is 417. The molecular weight excluding hydrogens is 288 g/mol. The molecule has 6 atom stereocenters. The van der Waals surface area contributed by atoms with Crippen molar-refractivity contribution in [1.82, 2.24) is 5.32 Å². The Labute approximate surface area is 131 Å². The van der Waals surface area contributed by atoms with E-state index in [1.807, 2.05) is 13.8 Å². The van der Waals surface area contributed by atoms with E-state index in [9.17, 15) is 19.8 Å². The Hall–Kier alpha value is -1.18. The molecule has 1 aliphatic carbocycles. The highest BCUT2D eigenvalue weighted by Crippen LogP contribution is 2.38. The number of hydrogen-bond acceptors (Lipinski definition) is 5. The summed E-state index contributed by atoms with van der Waals surface area (Å²) in [5.74, 6) is -2.82. The summed E-state index contributed by atoms with van der Waals surface area (Å²) in [7, 11) is 1.55. The van der Waals surface area contributed by atoms with Crippen LogP contribution < -0.4 is 11.1 Å². The Balaban J connectivity index is 3.15. The largest absolute Gasteiger partial charge is 0.481 e. The maximum Gasteiger partial charge on any atom is 0.309 e. The van der Waals surface area contributed by atoms with Gasteiger partial charge >= 0.3 is 5.97 Å². The summed E-state index contributed by atoms with van der Waals surface area (Å²) in [5.41, 5.74) is 5.37. The number of hydrogen-bond donors (Lipinski definition) is 4. The molecule has 22 heavy (non-hydrogen) atoms. The van der Waals surface area contributed by atoms with Crippen LogP contribution in [0.15, 0.2) is 0 Å². The quantitative estimate of drug-likeness (QED) is 0.528. The van der Waals surface area contributed by atoms with Crippen LogP contribution in [0.1, 0.15) is 40.0 Å². The van der Waals surface area contributed by atoms with Gasteiger partial charge in [0.1, 0.15) is 0 Å². The summed E-state index contributed by atoms with van der Waals surface area (Å²) in [5, 5.41) is 22.5. The first-order valence-corrected chi connectivity index (χ1v) is 7.66. The first-order valence-electron chi connectivity index (χ1n) is 7.66. The lowest BCUT2D eigenvalue weighted by atomic mass is 9.78. The van der Waals surface area contributed by atoms with E-state index < -0.39 is 41.6 Å². The second kappa shape index (κ2) is 7.39. The number of nitrogens with two attached hydrogens (primary N) is 1. The van der Waals surface area contributed by atoms with Crippen LogP contribution in [0, 0.1) is 11.8 Å². The molecule has 5 N–H and O–H groups in total. The third kappa shape index (κ3) is 3.77. The Morgan fingerprint density at radius 3 is 2.45 bits per heavy atom. The first-order chi connectivity index (χ1) is 10.2. The zero-order valence-corrected chi connectivity index (χ0v) is 13.7. The summed E-state index contributed by atoms with van der Waals surface area (Å²) in [6, 6.07) is -1.07. The van der Waals surface area contributed by atoms with Crippen molar-refractivity contribution in [3.8, 4) is 0 Å². The number of aliphatic hydroxyl groups is 1. The van der Waals surface area contributed by atoms with Crippen LogP contribution in [0.4, 0.5) is 0 Å². The molecule has 0 aromatic rings. The van der Waals surface area contributed by atoms with Gasteiger partial charge in [0, 0.05) is 26.0 Å². The standard InChI is InChI=1S/C15H28N2O5/c1-5-6-15(3,22-4)13(17-8(2)18)11-10(16)7-9(12(11)19)14(20)21/h9-13,19H,5-7,16H2,1-4H3,(H,17,18)(H,20,21)/t9-,10+,11-,12+,13+,15+/m0/s1. The van der Waals surface area contributed by atoms with Crippen LogP contribution >= 0.6 is 0 Å². The van der Waals surface area contributed by atoms with Crippen LogP contribution in [0.5, 0.6) is 0 Å². The molecule has 1 fully saturated rings. The zero-order valence-electron chi connectivity index (χ0n) is 13.7. The van der Waals surface area contributed by atoms with Crippen LogP contribution in [-0.2, 0) is 14.3 Å². The fourth-order valence-electron chi connectivity index (χ4n) is 3.56. The highest BCUT2D eigenvalue weighted by molar-refractivity contribution is 5.74. The van der Waals surface area contributed by atoms with Crippen molar-refractivity contribution >= 4 is 11.9 Å². The number of rotatable bonds is 7. The van der Waals surface area contributed by atoms with E-state index in [4.69, 9.17) is 10.5 Å². The Kier molecular flexibility index (Phi) is 6.34. The molecule has 7 nitrogen and oxygen atoms in total. The van der Waals surface area contributed by atoms with Gasteiger partial charge in [0.15, 0.2) is 0 Å². The van der Waals surface area contributed by atoms with E-state index >= 15 is 0 Å². The lowest BCUT2D eigenvalue weighted by Gasteiger charge is -2.42. The molecule has 1 aliphatic rings. The van der Waals surface area contributed by atoms with Crippen molar-refractivity contribution in [3.63, 3.8) is 0 Å². The second-order valence-corrected chi connectivity index (χ2v) is 6.36. The van der Waals surface area contributed by atoms with Crippen molar-refractivity contribution in [3.05, 3.63) is 0 Å². The highest BCUT2D eigenvalue weighted by Gasteiger charge is 2.52. The first kappa shape index (κ1) is 18.9. The third-order valence-corrected chi connectivity index (χ3v) is 4.76. The van der Waals surface area contributed by atoms with Gasteiger partial charge in [-0.3, -0.25) is 9.59 Å². The molecule has 1 rings (SSSR count). The molecule has 0 spiro atoms. The van der Waals surface area contributed by atoms with Gasteiger partial charge in [0.25, 0.3) is 0 Å². The predicted molar refractivity (Wildman–Crippen MR) is 81.1 cm³/mol. The molecule has 1 saturated carbocycles. The van der Waals surface area contributed by atoms with E-state index in [2.05, 4.69) is 5.32 Å². The molecule has 0 radical (unpaired) electrons. The highest BCUT2D eigenvalue weighted by atomic mass is 16.5. The molecule has 0 aromatic carbocycles. The second-order valence-electron chi connectivity index (χ2n) is 6.36. The van der Waals surface area contributed by atoms with Gasteiger partial charge < -0.3 is 26.0 Å². The molecular formula is C15H28N2O5. The monoisotopic (exact) mass is 316 g/mol. The number of aliphatic hydroxyl groups excluding tert-OH is 1. The average Bonchev–Trinajstić information content (AvgIpc) is 2.71. The Morgan fingerprint density at radius 1 is 1.50 bits per heavy atom. The summed E-state index contributed by atoms with van der Waals surface area (Å²) in [4.78, 5) is 22.9. The molecule has 0 saturated heterocycles. The zero-order chi connectivity index (χ0) is 17.1. The molecule has 128 valence electrons. The van der Waals surface area contributed by atoms with Crippen molar-refractivity contribution < 1.29 is 24.5 Å². The maximum absolute atomic E-state index is 11.6. The van der Waals surface area contributed by atoms with E-state index in [1.165, 1.54) is 6.92 Å². The molecule has 0 unspecified atom stereocenters. The summed E-state index contributed by atoms with van der Waals surface area (Å²) in [6.07, 6.45) is 0.544. The number of aliphatic carboxylic acids is 1. The molecule has 0 heterocycles. The van der Waals surface area contributed by atoms with Gasteiger partial charge in [-0.25, -0.2) is 0 Å². The minimum Gasteiger partial charge on any atom is -0.481 e. The van der Waals surface area contributed by atoms with E-state index in [0.29, 0.717) is 6.42 Å². The van der Waals surface area contributed by atoms with Gasteiger partial charge in [0.05, 0.1) is 23.7 Å². The Morgan fingerprint density at radius 2 is 2.09 bits per heavy atom. The molecule has 0 aromatic heterocycles. The normalized spacial score (nSPS) is 32.3. The predicted octanol–water partition coefficient (Wildman–Crippen LogP) is 0.105. The molecule has 0 bridgehead atoms. The number of amides is 1. The number of nitrogens with one attached hydrogen (secondary N) is 1. The smallest absolute Gasteiger partial charge is 0.309 e. The van der Waals surface area contributed by atoms with Crippen LogP contribution in [0.25, 0.3) is 0 Å². The summed E-state index contributed by atoms with van der Waals surface area (Å²) in [6.45, 7) is 5.23. The number of carbonyl (C=O) groups is 2. The number of carbonyl (C=O) groups excluding carboxylic acids is 1. The fraction of sp³-hybridized carbons (Fsp3) is 0.867. The minimum atomic E-state index is -1.12. The van der Waals surface area contributed by atoms with Gasteiger partial charge in [0.2, 0.25) is 5.91 Å². The molecule has 0 aliphatic heterocycles. The fourth-order valence-corrected chi connectivity index (χ4v) is 3.56. The van der Waals surface area contributed by atoms with Crippen LogP contribution in [-0.4, -0.2) is 53.0 Å². The van der Waals surface area contributed by atoms with Crippen molar-refractivity contribution in [2.75, 3.05) is 7.11 Å². The minimum absolute atomic E-state index is 0.184. The maximum atomic E-state index is 11.6. The summed E-state index contributed by atoms with van der Waals surface area (Å²) >= 11 is 0. The molecule has 7 heteroatoms. The van der Waals surface area contributed by atoms with E-state index in [1.54, 1.807) is 7.11 Å². The van der Waals surface area contributed by atoms with Crippen molar-refractivity contribution in [1.29, 1.82) is 0 Å². The summed E-state index contributed by atoms with van der Waals surface area (Å²) < 4.78 is 5.62. The number of carboxylic acid groups (broad SMARTS) is 1. The van der Waals surface area contributed by atoms with Gasteiger partial charge in [-0.1, -0.05) is 13.3 Å². The third-order valence-electron chi connectivity index (χ3n) is 4.76. The number of carboxylic acids is 1. The number of ether oxygens (including phenoxy) is 1. The lowest BCUT2D eigenvalue weighted by Crippen LogP contribution is -2.60. The number of methoxy groups -OCH3 is 1. The van der Waals surface area contributed by atoms with Gasteiger partial charge in [-0.2, -0.15) is 0 Å². The lowest BCUT2D eigenvalue weighted by molar-refractivity contribution is -0.146. The van der Waals surface area contributed by atoms with E-state index in [-0.39, 0.29) is 12.3 Å². The SMILES string of the molecule is CCC[C@@](C)(OC)[C@H](NC(C)=O)[C@@H]1[C@H](O)[C@@H](C(=O)O)C[C@H]1N. The van der Waals surface area contributed by atoms with E-state index in [0.717, 1.165) is 6.42 Å². The topological polar surface area (TPSA) is 122 Å². The van der Waals surface area contributed by atoms with Crippen LogP contribution in [0.3, 0.4) is 0 Å². The van der Waals surface area contributed by atoms with Crippen molar-refractivity contribution in [2.45, 2.75) is 63.8 Å². The molecule has 1 amide bonds. The van der Waals surface area contributed by atoms with Gasteiger partial charge in [-0.05, 0) is 19.8 Å². The van der Waals surface area contributed by atoms with Crippen molar-refractivity contribution in [2.24, 2.45) is 17.6 Å².